The lowest BCUT2D eigenvalue weighted by Crippen LogP contribution is -2.47. The van der Waals surface area contributed by atoms with Crippen molar-refractivity contribution in [2.24, 2.45) is 5.41 Å². The number of hydrogen-bond donors (Lipinski definition) is 0. The fraction of sp³-hybridized carbons (Fsp3) is 0.438. The summed E-state index contributed by atoms with van der Waals surface area (Å²) in [5.41, 5.74) is -0.808. The molecule has 2 aromatic rings. The summed E-state index contributed by atoms with van der Waals surface area (Å²) >= 11 is 8.82. The fourth-order valence-electron chi connectivity index (χ4n) is 3.20. The molecule has 0 aliphatic carbocycles. The van der Waals surface area contributed by atoms with Crippen molar-refractivity contribution in [1.29, 1.82) is 0 Å². The van der Waals surface area contributed by atoms with Crippen LogP contribution in [-0.2, 0) is 9.53 Å². The van der Waals surface area contributed by atoms with Gasteiger partial charge >= 0.3 is 5.97 Å². The van der Waals surface area contributed by atoms with Gasteiger partial charge in [-0.3, -0.25) is 4.79 Å². The van der Waals surface area contributed by atoms with Crippen LogP contribution in [0.5, 0.6) is 0 Å². The van der Waals surface area contributed by atoms with E-state index in [0.29, 0.717) is 31.7 Å². The van der Waals surface area contributed by atoms with E-state index in [-0.39, 0.29) is 26.6 Å². The summed E-state index contributed by atoms with van der Waals surface area (Å²) in [5.74, 6) is -1.63. The van der Waals surface area contributed by atoms with Crippen molar-refractivity contribution in [3.05, 3.63) is 27.5 Å². The minimum Gasteiger partial charge on any atom is -0.469 e. The van der Waals surface area contributed by atoms with Gasteiger partial charge in [0.25, 0.3) is 0 Å². The topological polar surface area (TPSA) is 55.3 Å². The minimum absolute atomic E-state index is 0.0754. The van der Waals surface area contributed by atoms with Crippen LogP contribution >= 0.6 is 27.5 Å². The molecule has 1 atom stereocenters. The molecule has 0 N–H and O–H groups in total. The average Bonchev–Trinajstić information content (AvgIpc) is 2.59. The molecule has 134 valence electrons. The first kappa shape index (κ1) is 18.3. The molecule has 1 unspecified atom stereocenters. The summed E-state index contributed by atoms with van der Waals surface area (Å²) in [6, 6.07) is 1.16. The summed E-state index contributed by atoms with van der Waals surface area (Å²) in [7, 11) is 1.34. The van der Waals surface area contributed by atoms with Gasteiger partial charge in [-0.15, -0.1) is 0 Å². The molecule has 0 bridgehead atoms. The second kappa shape index (κ2) is 6.64. The van der Waals surface area contributed by atoms with Crippen LogP contribution in [0.1, 0.15) is 19.8 Å². The van der Waals surface area contributed by atoms with Gasteiger partial charge in [0, 0.05) is 18.5 Å². The number of rotatable bonds is 2. The van der Waals surface area contributed by atoms with E-state index in [1.807, 2.05) is 0 Å². The highest BCUT2D eigenvalue weighted by atomic mass is 79.9. The third-order valence-electron chi connectivity index (χ3n) is 4.45. The molecule has 0 radical (unpaired) electrons. The lowest BCUT2D eigenvalue weighted by molar-refractivity contribution is -0.152. The number of aromatic nitrogens is 2. The van der Waals surface area contributed by atoms with Gasteiger partial charge in [0.15, 0.2) is 5.82 Å². The Morgan fingerprint density at radius 2 is 2.16 bits per heavy atom. The SMILES string of the molecule is COC(=O)C1(C)CCCN(c2nc(Cl)nc3c(F)c(Br)c(F)cc23)C1. The average molecular weight is 435 g/mol. The van der Waals surface area contributed by atoms with Crippen LogP contribution in [-0.4, -0.2) is 36.1 Å². The van der Waals surface area contributed by atoms with Crippen LogP contribution in [0.4, 0.5) is 14.6 Å². The third-order valence-corrected chi connectivity index (χ3v) is 5.35. The normalized spacial score (nSPS) is 20.8. The molecule has 0 amide bonds. The number of anilines is 1. The molecular formula is C16H15BrClF2N3O2. The van der Waals surface area contributed by atoms with Crippen molar-refractivity contribution in [3.63, 3.8) is 0 Å². The zero-order valence-corrected chi connectivity index (χ0v) is 15.9. The lowest BCUT2D eigenvalue weighted by Gasteiger charge is -2.39. The van der Waals surface area contributed by atoms with Gasteiger partial charge in [0.2, 0.25) is 5.28 Å². The molecule has 25 heavy (non-hydrogen) atoms. The molecule has 1 saturated heterocycles. The molecule has 1 aliphatic heterocycles. The molecule has 1 aromatic carbocycles. The molecule has 3 rings (SSSR count). The van der Waals surface area contributed by atoms with Crippen molar-refractivity contribution < 1.29 is 18.3 Å². The van der Waals surface area contributed by atoms with Crippen LogP contribution in [0, 0.1) is 17.0 Å². The number of hydrogen-bond acceptors (Lipinski definition) is 5. The second-order valence-corrected chi connectivity index (χ2v) is 7.41. The Balaban J connectivity index is 2.14. The maximum absolute atomic E-state index is 14.4. The lowest BCUT2D eigenvalue weighted by atomic mass is 9.82. The van der Waals surface area contributed by atoms with Crippen molar-refractivity contribution in [1.82, 2.24) is 9.97 Å². The molecule has 0 saturated carbocycles. The van der Waals surface area contributed by atoms with Gasteiger partial charge in [-0.25, -0.2) is 13.8 Å². The minimum atomic E-state index is -0.840. The Hall–Kier alpha value is -1.54. The molecular weight excluding hydrogens is 420 g/mol. The van der Waals surface area contributed by atoms with Gasteiger partial charge in [0.05, 0.1) is 17.0 Å². The number of halogens is 4. The van der Waals surface area contributed by atoms with Crippen molar-refractivity contribution in [2.45, 2.75) is 19.8 Å². The summed E-state index contributed by atoms with van der Waals surface area (Å²) in [6.07, 6.45) is 1.36. The number of benzene rings is 1. The van der Waals surface area contributed by atoms with Gasteiger partial charge in [-0.1, -0.05) is 0 Å². The zero-order valence-electron chi connectivity index (χ0n) is 13.6. The summed E-state index contributed by atoms with van der Waals surface area (Å²) in [6.45, 7) is 2.68. The Morgan fingerprint density at radius 3 is 2.84 bits per heavy atom. The monoisotopic (exact) mass is 433 g/mol. The van der Waals surface area contributed by atoms with Gasteiger partial charge < -0.3 is 9.64 Å². The van der Waals surface area contributed by atoms with Crippen molar-refractivity contribution in [3.8, 4) is 0 Å². The summed E-state index contributed by atoms with van der Waals surface area (Å²) in [5, 5.41) is 0.0574. The van der Waals surface area contributed by atoms with Crippen molar-refractivity contribution >= 4 is 50.2 Å². The number of fused-ring (bicyclic) bond motifs is 1. The standard InChI is InChI=1S/C16H15BrClF2N3O2/c1-16(14(24)25-2)4-3-5-23(7-16)13-8-6-9(19)10(17)11(20)12(8)21-15(18)22-13/h6H,3-5,7H2,1-2H3. The molecule has 9 heteroatoms. The number of esters is 1. The quantitative estimate of drug-likeness (QED) is 0.405. The van der Waals surface area contributed by atoms with E-state index in [1.54, 1.807) is 11.8 Å². The Bertz CT molecular complexity index is 867. The maximum Gasteiger partial charge on any atom is 0.313 e. The van der Waals surface area contributed by atoms with E-state index >= 15 is 0 Å². The van der Waals surface area contributed by atoms with Crippen LogP contribution in [0.3, 0.4) is 0 Å². The Morgan fingerprint density at radius 1 is 1.44 bits per heavy atom. The largest absolute Gasteiger partial charge is 0.469 e. The van der Waals surface area contributed by atoms with Gasteiger partial charge in [-0.05, 0) is 53.4 Å². The molecule has 1 fully saturated rings. The number of ether oxygens (including phenoxy) is 1. The van der Waals surface area contributed by atoms with E-state index in [4.69, 9.17) is 16.3 Å². The van der Waals surface area contributed by atoms with Crippen molar-refractivity contribution in [2.75, 3.05) is 25.1 Å². The van der Waals surface area contributed by atoms with Crippen LogP contribution in [0.2, 0.25) is 5.28 Å². The first-order chi connectivity index (χ1) is 11.8. The summed E-state index contributed by atoms with van der Waals surface area (Å²) < 4.78 is 33.0. The van der Waals surface area contributed by atoms with E-state index in [9.17, 15) is 13.6 Å². The summed E-state index contributed by atoms with van der Waals surface area (Å²) in [4.78, 5) is 22.0. The third kappa shape index (κ3) is 3.17. The molecule has 0 spiro atoms. The van der Waals surface area contributed by atoms with E-state index in [0.717, 1.165) is 6.07 Å². The highest BCUT2D eigenvalue weighted by Crippen LogP contribution is 2.37. The van der Waals surface area contributed by atoms with Gasteiger partial charge in [0.1, 0.15) is 17.2 Å². The van der Waals surface area contributed by atoms with Crippen LogP contribution in [0.15, 0.2) is 10.5 Å². The van der Waals surface area contributed by atoms with Gasteiger partial charge in [-0.2, -0.15) is 4.98 Å². The number of carbonyl (C=O) groups is 1. The van der Waals surface area contributed by atoms with E-state index < -0.39 is 17.0 Å². The zero-order chi connectivity index (χ0) is 18.4. The highest BCUT2D eigenvalue weighted by molar-refractivity contribution is 9.10. The Kier molecular flexibility index (Phi) is 4.85. The number of carbonyl (C=O) groups excluding carboxylic acids is 1. The van der Waals surface area contributed by atoms with Crippen LogP contribution in [0.25, 0.3) is 10.9 Å². The number of nitrogens with zero attached hydrogens (tertiary/aromatic N) is 3. The fourth-order valence-corrected chi connectivity index (χ4v) is 3.67. The Labute approximate surface area is 156 Å². The highest BCUT2D eigenvalue weighted by Gasteiger charge is 2.40. The predicted octanol–water partition coefficient (Wildman–Crippen LogP) is 4.10. The number of piperidine rings is 1. The predicted molar refractivity (Wildman–Crippen MR) is 93.7 cm³/mol. The molecule has 1 aliphatic rings. The molecule has 1 aromatic heterocycles. The molecule has 5 nitrogen and oxygen atoms in total. The maximum atomic E-state index is 14.4. The molecule has 2 heterocycles. The van der Waals surface area contributed by atoms with E-state index in [1.165, 1.54) is 7.11 Å². The first-order valence-electron chi connectivity index (χ1n) is 7.61. The van der Waals surface area contributed by atoms with Crippen LogP contribution < -0.4 is 4.90 Å². The second-order valence-electron chi connectivity index (χ2n) is 6.28. The number of methoxy groups -OCH3 is 1. The van der Waals surface area contributed by atoms with E-state index in [2.05, 4.69) is 25.9 Å². The smallest absolute Gasteiger partial charge is 0.313 e. The first-order valence-corrected chi connectivity index (χ1v) is 8.78.